The van der Waals surface area contributed by atoms with Crippen molar-refractivity contribution in [2.45, 2.75) is 59.7 Å². The summed E-state index contributed by atoms with van der Waals surface area (Å²) in [5, 5.41) is 2.96. The van der Waals surface area contributed by atoms with Crippen molar-refractivity contribution in [2.75, 3.05) is 17.1 Å². The Balaban J connectivity index is 2.07. The standard InChI is InChI=1S/C31H39N3O4S/c1-22(2)32-31(36)29(19-26-10-8-7-9-11-26)33(20-27-15-12-23(3)13-16-27)30(35)21-34(39(6,37)38)28-17-14-24(4)18-25(28)5/h7-18,22,29H,19-21H2,1-6H3,(H,32,36)/t29-/m0/s1. The molecular formula is C31H39N3O4S. The predicted molar refractivity (Wildman–Crippen MR) is 157 cm³/mol. The van der Waals surface area contributed by atoms with Gasteiger partial charge in [0.15, 0.2) is 0 Å². The number of anilines is 1. The third-order valence-electron chi connectivity index (χ3n) is 6.48. The Hall–Kier alpha value is -3.65. The van der Waals surface area contributed by atoms with Gasteiger partial charge in [-0.05, 0) is 57.4 Å². The van der Waals surface area contributed by atoms with E-state index in [2.05, 4.69) is 5.32 Å². The first kappa shape index (κ1) is 29.9. The number of hydrogen-bond donors (Lipinski definition) is 1. The lowest BCUT2D eigenvalue weighted by Gasteiger charge is -2.34. The molecule has 0 aromatic heterocycles. The average molecular weight is 550 g/mol. The van der Waals surface area contributed by atoms with Crippen LogP contribution in [-0.4, -0.2) is 50.0 Å². The largest absolute Gasteiger partial charge is 0.352 e. The maximum Gasteiger partial charge on any atom is 0.244 e. The Bertz CT molecular complexity index is 1390. The second kappa shape index (κ2) is 12.9. The third kappa shape index (κ3) is 8.42. The Morgan fingerprint density at radius 3 is 2.03 bits per heavy atom. The fraction of sp³-hybridized carbons (Fsp3) is 0.355. The van der Waals surface area contributed by atoms with Crippen LogP contribution in [0.25, 0.3) is 0 Å². The van der Waals surface area contributed by atoms with Gasteiger partial charge in [0.25, 0.3) is 0 Å². The summed E-state index contributed by atoms with van der Waals surface area (Å²) in [4.78, 5) is 29.2. The predicted octanol–water partition coefficient (Wildman–Crippen LogP) is 4.54. The number of sulfonamides is 1. The van der Waals surface area contributed by atoms with Gasteiger partial charge in [0, 0.05) is 19.0 Å². The van der Waals surface area contributed by atoms with E-state index < -0.39 is 28.5 Å². The topological polar surface area (TPSA) is 86.8 Å². The van der Waals surface area contributed by atoms with Gasteiger partial charge < -0.3 is 10.2 Å². The second-order valence-corrected chi connectivity index (χ2v) is 12.3. The van der Waals surface area contributed by atoms with Gasteiger partial charge in [0.05, 0.1) is 11.9 Å². The van der Waals surface area contributed by atoms with Crippen molar-refractivity contribution in [1.82, 2.24) is 10.2 Å². The summed E-state index contributed by atoms with van der Waals surface area (Å²) in [7, 11) is -3.80. The molecule has 0 radical (unpaired) electrons. The number of nitrogens with one attached hydrogen (secondary N) is 1. The smallest absolute Gasteiger partial charge is 0.244 e. The van der Waals surface area contributed by atoms with E-state index in [1.807, 2.05) is 101 Å². The van der Waals surface area contributed by atoms with Crippen LogP contribution in [0.3, 0.4) is 0 Å². The second-order valence-electron chi connectivity index (χ2n) is 10.4. The monoisotopic (exact) mass is 549 g/mol. The van der Waals surface area contributed by atoms with Crippen molar-refractivity contribution in [1.29, 1.82) is 0 Å². The summed E-state index contributed by atoms with van der Waals surface area (Å²) in [6, 6.07) is 21.7. The molecule has 0 aliphatic heterocycles. The van der Waals surface area contributed by atoms with Gasteiger partial charge in [-0.15, -0.1) is 0 Å². The number of nitrogens with zero attached hydrogens (tertiary/aromatic N) is 2. The SMILES string of the molecule is Cc1ccc(CN(C(=O)CN(c2ccc(C)cc2C)S(C)(=O)=O)[C@@H](Cc2ccccc2)C(=O)NC(C)C)cc1. The number of benzene rings is 3. The van der Waals surface area contributed by atoms with E-state index in [0.29, 0.717) is 12.1 Å². The van der Waals surface area contributed by atoms with Gasteiger partial charge in [-0.1, -0.05) is 77.9 Å². The van der Waals surface area contributed by atoms with E-state index in [0.717, 1.165) is 38.4 Å². The zero-order valence-electron chi connectivity index (χ0n) is 23.6. The average Bonchev–Trinajstić information content (AvgIpc) is 2.85. The molecule has 3 rings (SSSR count). The first-order valence-electron chi connectivity index (χ1n) is 13.1. The Kier molecular flexibility index (Phi) is 9.92. The molecule has 3 aromatic rings. The van der Waals surface area contributed by atoms with Crippen molar-refractivity contribution >= 4 is 27.5 Å². The normalized spacial score (nSPS) is 12.2. The lowest BCUT2D eigenvalue weighted by Crippen LogP contribution is -2.54. The fourth-order valence-corrected chi connectivity index (χ4v) is 5.41. The highest BCUT2D eigenvalue weighted by Gasteiger charge is 2.33. The lowest BCUT2D eigenvalue weighted by molar-refractivity contribution is -0.140. The number of rotatable bonds is 11. The Morgan fingerprint density at radius 2 is 1.46 bits per heavy atom. The van der Waals surface area contributed by atoms with E-state index in [-0.39, 0.29) is 18.5 Å². The van der Waals surface area contributed by atoms with Crippen LogP contribution in [0, 0.1) is 20.8 Å². The molecular weight excluding hydrogens is 510 g/mol. The summed E-state index contributed by atoms with van der Waals surface area (Å²) in [6.45, 7) is 9.21. The highest BCUT2D eigenvalue weighted by Crippen LogP contribution is 2.25. The molecule has 39 heavy (non-hydrogen) atoms. The number of carbonyl (C=O) groups excluding carboxylic acids is 2. The molecule has 7 nitrogen and oxygen atoms in total. The zero-order chi connectivity index (χ0) is 28.7. The van der Waals surface area contributed by atoms with Gasteiger partial charge in [-0.3, -0.25) is 13.9 Å². The van der Waals surface area contributed by atoms with Gasteiger partial charge in [-0.25, -0.2) is 8.42 Å². The minimum atomic E-state index is -3.80. The van der Waals surface area contributed by atoms with Gasteiger partial charge in [0.1, 0.15) is 12.6 Å². The van der Waals surface area contributed by atoms with Gasteiger partial charge in [0.2, 0.25) is 21.8 Å². The summed E-state index contributed by atoms with van der Waals surface area (Å²) in [5.41, 5.74) is 5.01. The number of hydrogen-bond acceptors (Lipinski definition) is 4. The van der Waals surface area contributed by atoms with Crippen LogP contribution in [0.2, 0.25) is 0 Å². The van der Waals surface area contributed by atoms with Crippen LogP contribution < -0.4 is 9.62 Å². The minimum absolute atomic E-state index is 0.130. The van der Waals surface area contributed by atoms with Crippen LogP contribution in [0.1, 0.15) is 41.7 Å². The van der Waals surface area contributed by atoms with Crippen molar-refractivity contribution in [2.24, 2.45) is 0 Å². The van der Waals surface area contributed by atoms with Crippen LogP contribution in [-0.2, 0) is 32.6 Å². The first-order valence-corrected chi connectivity index (χ1v) is 14.9. The van der Waals surface area contributed by atoms with Crippen molar-refractivity contribution in [3.8, 4) is 0 Å². The molecule has 0 saturated heterocycles. The van der Waals surface area contributed by atoms with Gasteiger partial charge in [-0.2, -0.15) is 0 Å². The minimum Gasteiger partial charge on any atom is -0.352 e. The first-order chi connectivity index (χ1) is 18.3. The molecule has 0 bridgehead atoms. The molecule has 3 aromatic carbocycles. The molecule has 0 spiro atoms. The van der Waals surface area contributed by atoms with E-state index in [4.69, 9.17) is 0 Å². The molecule has 0 aliphatic carbocycles. The maximum atomic E-state index is 14.1. The Labute approximate surface area is 232 Å². The summed E-state index contributed by atoms with van der Waals surface area (Å²) >= 11 is 0. The zero-order valence-corrected chi connectivity index (χ0v) is 24.5. The van der Waals surface area contributed by atoms with E-state index in [9.17, 15) is 18.0 Å². The highest BCUT2D eigenvalue weighted by atomic mass is 32.2. The van der Waals surface area contributed by atoms with E-state index in [1.54, 1.807) is 6.07 Å². The quantitative estimate of drug-likeness (QED) is 0.380. The molecule has 1 N–H and O–H groups in total. The summed E-state index contributed by atoms with van der Waals surface area (Å²) in [5.74, 6) is -0.743. The maximum absolute atomic E-state index is 14.1. The van der Waals surface area contributed by atoms with Crippen molar-refractivity contribution < 1.29 is 18.0 Å². The van der Waals surface area contributed by atoms with E-state index in [1.165, 1.54) is 4.90 Å². The molecule has 0 aliphatic rings. The molecule has 0 saturated carbocycles. The van der Waals surface area contributed by atoms with Crippen molar-refractivity contribution in [3.05, 3.63) is 101 Å². The number of amides is 2. The molecule has 0 unspecified atom stereocenters. The third-order valence-corrected chi connectivity index (χ3v) is 7.60. The molecule has 0 fully saturated rings. The number of carbonyl (C=O) groups is 2. The molecule has 0 heterocycles. The van der Waals surface area contributed by atoms with Gasteiger partial charge >= 0.3 is 0 Å². The molecule has 8 heteroatoms. The van der Waals surface area contributed by atoms with Crippen LogP contribution in [0.15, 0.2) is 72.8 Å². The van der Waals surface area contributed by atoms with E-state index >= 15 is 0 Å². The summed E-state index contributed by atoms with van der Waals surface area (Å²) in [6.07, 6.45) is 1.39. The fourth-order valence-electron chi connectivity index (χ4n) is 4.50. The van der Waals surface area contributed by atoms with Crippen LogP contribution in [0.4, 0.5) is 5.69 Å². The number of aryl methyl sites for hydroxylation is 3. The molecule has 2 amide bonds. The summed E-state index contributed by atoms with van der Waals surface area (Å²) < 4.78 is 27.0. The highest BCUT2D eigenvalue weighted by molar-refractivity contribution is 7.92. The van der Waals surface area contributed by atoms with Crippen LogP contribution >= 0.6 is 0 Å². The van der Waals surface area contributed by atoms with Crippen molar-refractivity contribution in [3.63, 3.8) is 0 Å². The Morgan fingerprint density at radius 1 is 0.846 bits per heavy atom. The van der Waals surface area contributed by atoms with Crippen LogP contribution in [0.5, 0.6) is 0 Å². The molecule has 208 valence electrons. The molecule has 1 atom stereocenters. The lowest BCUT2D eigenvalue weighted by atomic mass is 10.0.